The first kappa shape index (κ1) is 14.9. The molecule has 1 amide bonds. The third-order valence-electron chi connectivity index (χ3n) is 2.89. The lowest BCUT2D eigenvalue weighted by Gasteiger charge is -2.40. The topological polar surface area (TPSA) is 51.7 Å². The Bertz CT molecular complexity index is 488. The van der Waals surface area contributed by atoms with Crippen LogP contribution in [-0.2, 0) is 4.74 Å². The zero-order valence-electron chi connectivity index (χ0n) is 11.9. The summed E-state index contributed by atoms with van der Waals surface area (Å²) in [6.07, 6.45) is 3.77. The van der Waals surface area contributed by atoms with Crippen LogP contribution in [0.15, 0.2) is 18.5 Å². The van der Waals surface area contributed by atoms with Crippen molar-refractivity contribution >= 4 is 17.7 Å². The number of hydrogen-bond donors (Lipinski definition) is 0. The van der Waals surface area contributed by atoms with Gasteiger partial charge in [0.05, 0.1) is 17.3 Å². The maximum Gasteiger partial charge on any atom is 0.410 e. The molecule has 1 saturated heterocycles. The highest BCUT2D eigenvalue weighted by Crippen LogP contribution is 2.23. The predicted octanol–water partition coefficient (Wildman–Crippen LogP) is 3.12. The molecule has 1 atom stereocenters. The molecule has 0 bridgehead atoms. The molecule has 1 aliphatic rings. The number of ether oxygens (including phenoxy) is 2. The average Bonchev–Trinajstić information content (AvgIpc) is 2.24. The number of likely N-dealkylation sites (tertiary alicyclic amines) is 1. The van der Waals surface area contributed by atoms with Crippen molar-refractivity contribution < 1.29 is 14.3 Å². The molecule has 0 saturated carbocycles. The molecule has 0 N–H and O–H groups in total. The van der Waals surface area contributed by atoms with Crippen molar-refractivity contribution in [3.05, 3.63) is 23.5 Å². The molecule has 1 aliphatic heterocycles. The van der Waals surface area contributed by atoms with Crippen LogP contribution in [0.1, 0.15) is 27.2 Å². The number of hydrogen-bond acceptors (Lipinski definition) is 4. The van der Waals surface area contributed by atoms with Gasteiger partial charge in [-0.2, -0.15) is 0 Å². The minimum Gasteiger partial charge on any atom is -0.490 e. The lowest BCUT2D eigenvalue weighted by atomic mass is 10.1. The summed E-state index contributed by atoms with van der Waals surface area (Å²) in [6, 6.07) is 1.74. The first-order valence-corrected chi connectivity index (χ1v) is 6.96. The Morgan fingerprint density at radius 3 is 2.80 bits per heavy atom. The first-order valence-electron chi connectivity index (χ1n) is 6.58. The third-order valence-corrected chi connectivity index (χ3v) is 3.10. The van der Waals surface area contributed by atoms with E-state index in [0.29, 0.717) is 23.9 Å². The van der Waals surface area contributed by atoms with E-state index < -0.39 is 5.60 Å². The predicted molar refractivity (Wildman–Crippen MR) is 76.1 cm³/mol. The SMILES string of the molecule is CC(C)(C)OC(=O)N1CC[C@H]1COc1cncc(Cl)c1. The molecule has 0 aromatic carbocycles. The quantitative estimate of drug-likeness (QED) is 0.860. The minimum absolute atomic E-state index is 0.0452. The Kier molecular flexibility index (Phi) is 4.38. The number of aromatic nitrogens is 1. The van der Waals surface area contributed by atoms with Gasteiger partial charge in [0.25, 0.3) is 0 Å². The molecule has 1 fully saturated rings. The van der Waals surface area contributed by atoms with Gasteiger partial charge in [-0.15, -0.1) is 0 Å². The summed E-state index contributed by atoms with van der Waals surface area (Å²) in [7, 11) is 0. The molecule has 20 heavy (non-hydrogen) atoms. The molecular weight excluding hydrogens is 280 g/mol. The van der Waals surface area contributed by atoms with Gasteiger partial charge >= 0.3 is 6.09 Å². The summed E-state index contributed by atoms with van der Waals surface area (Å²) < 4.78 is 10.9. The molecule has 110 valence electrons. The number of rotatable bonds is 3. The van der Waals surface area contributed by atoms with E-state index in [-0.39, 0.29) is 12.1 Å². The number of halogens is 1. The van der Waals surface area contributed by atoms with Crippen molar-refractivity contribution in [3.63, 3.8) is 0 Å². The second kappa shape index (κ2) is 5.87. The van der Waals surface area contributed by atoms with Crippen molar-refractivity contribution in [1.82, 2.24) is 9.88 Å². The van der Waals surface area contributed by atoms with Crippen LogP contribution in [-0.4, -0.2) is 40.8 Å². The number of carbonyl (C=O) groups excluding carboxylic acids is 1. The molecular formula is C14H19ClN2O3. The number of nitrogens with zero attached hydrogens (tertiary/aromatic N) is 2. The van der Waals surface area contributed by atoms with Crippen molar-refractivity contribution in [3.8, 4) is 5.75 Å². The summed E-state index contributed by atoms with van der Waals surface area (Å²) in [5.41, 5.74) is -0.477. The van der Waals surface area contributed by atoms with E-state index in [1.807, 2.05) is 20.8 Å². The fourth-order valence-electron chi connectivity index (χ4n) is 1.84. The van der Waals surface area contributed by atoms with E-state index in [9.17, 15) is 4.79 Å². The van der Waals surface area contributed by atoms with Crippen molar-refractivity contribution in [1.29, 1.82) is 0 Å². The molecule has 5 nitrogen and oxygen atoms in total. The summed E-state index contributed by atoms with van der Waals surface area (Å²) in [4.78, 5) is 17.6. The summed E-state index contributed by atoms with van der Waals surface area (Å²) in [5, 5.41) is 0.528. The maximum atomic E-state index is 11.9. The Balaban J connectivity index is 1.84. The van der Waals surface area contributed by atoms with Gasteiger partial charge in [-0.25, -0.2) is 4.79 Å². The molecule has 0 unspecified atom stereocenters. The molecule has 2 rings (SSSR count). The summed E-state index contributed by atoms with van der Waals surface area (Å²) in [5.74, 6) is 0.605. The fourth-order valence-corrected chi connectivity index (χ4v) is 2.00. The van der Waals surface area contributed by atoms with Crippen LogP contribution in [0.3, 0.4) is 0 Å². The second-order valence-corrected chi connectivity index (χ2v) is 6.20. The Morgan fingerprint density at radius 2 is 2.25 bits per heavy atom. The van der Waals surface area contributed by atoms with Crippen LogP contribution in [0.25, 0.3) is 0 Å². The summed E-state index contributed by atoms with van der Waals surface area (Å²) >= 11 is 5.83. The highest BCUT2D eigenvalue weighted by Gasteiger charge is 2.35. The maximum absolute atomic E-state index is 11.9. The number of pyridine rings is 1. The average molecular weight is 299 g/mol. The Morgan fingerprint density at radius 1 is 1.50 bits per heavy atom. The molecule has 6 heteroatoms. The zero-order valence-corrected chi connectivity index (χ0v) is 12.7. The van der Waals surface area contributed by atoms with E-state index in [1.165, 1.54) is 0 Å². The van der Waals surface area contributed by atoms with Gasteiger partial charge in [0.2, 0.25) is 0 Å². The number of amides is 1. The van der Waals surface area contributed by atoms with E-state index >= 15 is 0 Å². The highest BCUT2D eigenvalue weighted by atomic mass is 35.5. The lowest BCUT2D eigenvalue weighted by molar-refractivity contribution is -0.0141. The lowest BCUT2D eigenvalue weighted by Crippen LogP contribution is -2.55. The van der Waals surface area contributed by atoms with Crippen LogP contribution < -0.4 is 4.74 Å². The monoisotopic (exact) mass is 298 g/mol. The van der Waals surface area contributed by atoms with Crippen LogP contribution in [0, 0.1) is 0 Å². The Hall–Kier alpha value is -1.49. The third kappa shape index (κ3) is 4.00. The molecule has 1 aromatic rings. The molecule has 0 spiro atoms. The van der Waals surface area contributed by atoms with E-state index in [0.717, 1.165) is 6.42 Å². The molecule has 2 heterocycles. The largest absolute Gasteiger partial charge is 0.490 e. The normalized spacial score (nSPS) is 18.4. The van der Waals surface area contributed by atoms with Gasteiger partial charge in [0.15, 0.2) is 0 Å². The van der Waals surface area contributed by atoms with Gasteiger partial charge < -0.3 is 14.4 Å². The Labute approximate surface area is 123 Å². The van der Waals surface area contributed by atoms with Gasteiger partial charge in [0, 0.05) is 18.8 Å². The highest BCUT2D eigenvalue weighted by molar-refractivity contribution is 6.30. The first-order chi connectivity index (χ1) is 9.35. The summed E-state index contributed by atoms with van der Waals surface area (Å²) in [6.45, 7) is 6.69. The second-order valence-electron chi connectivity index (χ2n) is 5.77. The fraction of sp³-hybridized carbons (Fsp3) is 0.571. The van der Waals surface area contributed by atoms with Gasteiger partial charge in [-0.3, -0.25) is 4.98 Å². The van der Waals surface area contributed by atoms with E-state index in [1.54, 1.807) is 23.4 Å². The molecule has 0 radical (unpaired) electrons. The van der Waals surface area contributed by atoms with E-state index in [2.05, 4.69) is 4.98 Å². The number of carbonyl (C=O) groups is 1. The van der Waals surface area contributed by atoms with Gasteiger partial charge in [0.1, 0.15) is 18.0 Å². The van der Waals surface area contributed by atoms with Crippen LogP contribution in [0.5, 0.6) is 5.75 Å². The van der Waals surface area contributed by atoms with Crippen molar-refractivity contribution in [2.75, 3.05) is 13.2 Å². The van der Waals surface area contributed by atoms with Crippen molar-refractivity contribution in [2.45, 2.75) is 38.8 Å². The standard InChI is InChI=1S/C14H19ClN2O3/c1-14(2,3)20-13(18)17-5-4-11(17)9-19-12-6-10(15)7-16-8-12/h6-8,11H,4-5,9H2,1-3H3/t11-/m0/s1. The minimum atomic E-state index is -0.477. The van der Waals surface area contributed by atoms with Gasteiger partial charge in [-0.1, -0.05) is 11.6 Å². The molecule has 1 aromatic heterocycles. The van der Waals surface area contributed by atoms with Gasteiger partial charge in [-0.05, 0) is 27.2 Å². The smallest absolute Gasteiger partial charge is 0.410 e. The molecule has 0 aliphatic carbocycles. The zero-order chi connectivity index (χ0) is 14.8. The van der Waals surface area contributed by atoms with Crippen LogP contribution in [0.2, 0.25) is 5.02 Å². The van der Waals surface area contributed by atoms with Crippen molar-refractivity contribution in [2.24, 2.45) is 0 Å². The van der Waals surface area contributed by atoms with Crippen LogP contribution in [0.4, 0.5) is 4.79 Å². The van der Waals surface area contributed by atoms with Crippen LogP contribution >= 0.6 is 11.6 Å². The van der Waals surface area contributed by atoms with E-state index in [4.69, 9.17) is 21.1 Å².